The van der Waals surface area contributed by atoms with Gasteiger partial charge in [-0.3, -0.25) is 4.79 Å². The first-order valence-electron chi connectivity index (χ1n) is 7.05. The molecule has 0 radical (unpaired) electrons. The molecule has 1 aliphatic heterocycles. The monoisotopic (exact) mass is 273 g/mol. The molecule has 5 heteroatoms. The summed E-state index contributed by atoms with van der Waals surface area (Å²) in [5.74, 6) is 0.215. The third kappa shape index (κ3) is 2.24. The molecule has 0 unspecified atom stereocenters. The van der Waals surface area contributed by atoms with Crippen molar-refractivity contribution in [2.45, 2.75) is 46.1 Å². The number of ether oxygens (including phenoxy) is 1. The average Bonchev–Trinajstić information content (AvgIpc) is 3.11. The van der Waals surface area contributed by atoms with Crippen molar-refractivity contribution in [2.24, 2.45) is 5.10 Å². The Morgan fingerprint density at radius 1 is 1.40 bits per heavy atom. The Balaban J connectivity index is 1.93. The van der Waals surface area contributed by atoms with Crippen LogP contribution in [0.3, 0.4) is 0 Å². The number of amides is 1. The minimum Gasteiger partial charge on any atom is -0.473 e. The number of H-pyrrole nitrogens is 1. The summed E-state index contributed by atoms with van der Waals surface area (Å²) in [7, 11) is 0. The molecule has 5 nitrogen and oxygen atoms in total. The predicted molar refractivity (Wildman–Crippen MR) is 77.3 cm³/mol. The van der Waals surface area contributed by atoms with Crippen LogP contribution in [0.2, 0.25) is 0 Å². The largest absolute Gasteiger partial charge is 0.473 e. The zero-order valence-electron chi connectivity index (χ0n) is 12.0. The molecule has 3 rings (SSSR count). The van der Waals surface area contributed by atoms with Crippen molar-refractivity contribution in [2.75, 3.05) is 0 Å². The minimum atomic E-state index is -0.203. The minimum absolute atomic E-state index is 0.203. The highest BCUT2D eigenvalue weighted by Crippen LogP contribution is 2.27. The second-order valence-electron chi connectivity index (χ2n) is 5.35. The van der Waals surface area contributed by atoms with E-state index in [9.17, 15) is 4.79 Å². The van der Waals surface area contributed by atoms with Gasteiger partial charge in [0.2, 0.25) is 5.90 Å². The van der Waals surface area contributed by atoms with E-state index >= 15 is 0 Å². The summed E-state index contributed by atoms with van der Waals surface area (Å²) in [4.78, 5) is 15.2. The molecule has 0 aromatic carbocycles. The maximum absolute atomic E-state index is 11.9. The number of aryl methyl sites for hydroxylation is 1. The fraction of sp³-hybridized carbons (Fsp3) is 0.467. The summed E-state index contributed by atoms with van der Waals surface area (Å²) in [6, 6.07) is 0. The van der Waals surface area contributed by atoms with Gasteiger partial charge in [-0.1, -0.05) is 6.92 Å². The van der Waals surface area contributed by atoms with Gasteiger partial charge in [0.25, 0.3) is 5.91 Å². The van der Waals surface area contributed by atoms with Gasteiger partial charge in [-0.05, 0) is 50.3 Å². The Hall–Kier alpha value is -2.04. The van der Waals surface area contributed by atoms with Crippen molar-refractivity contribution in [3.8, 4) is 0 Å². The lowest BCUT2D eigenvalue weighted by molar-refractivity contribution is -0.116. The van der Waals surface area contributed by atoms with Crippen molar-refractivity contribution in [3.63, 3.8) is 0 Å². The van der Waals surface area contributed by atoms with Crippen molar-refractivity contribution < 1.29 is 9.53 Å². The fourth-order valence-electron chi connectivity index (χ4n) is 2.51. The van der Waals surface area contributed by atoms with E-state index in [2.05, 4.69) is 36.3 Å². The highest BCUT2D eigenvalue weighted by atomic mass is 16.5. The van der Waals surface area contributed by atoms with Crippen LogP contribution in [0.4, 0.5) is 0 Å². The van der Waals surface area contributed by atoms with Crippen LogP contribution in [-0.4, -0.2) is 22.9 Å². The molecule has 2 N–H and O–H groups in total. The number of aromatic amines is 1. The molecule has 0 saturated heterocycles. The van der Waals surface area contributed by atoms with E-state index in [1.807, 2.05) is 6.08 Å². The van der Waals surface area contributed by atoms with Crippen LogP contribution in [0.15, 0.2) is 10.7 Å². The van der Waals surface area contributed by atoms with Gasteiger partial charge in [0, 0.05) is 11.4 Å². The maximum atomic E-state index is 11.9. The Kier molecular flexibility index (Phi) is 3.12. The van der Waals surface area contributed by atoms with Crippen molar-refractivity contribution in [1.82, 2.24) is 10.4 Å². The van der Waals surface area contributed by atoms with E-state index in [4.69, 9.17) is 4.74 Å². The summed E-state index contributed by atoms with van der Waals surface area (Å²) in [6.07, 6.45) is 5.12. The number of carbonyl (C=O) groups excluding carboxylic acids is 1. The quantitative estimate of drug-likeness (QED) is 0.829. The highest BCUT2D eigenvalue weighted by molar-refractivity contribution is 6.24. The smallest absolute Gasteiger partial charge is 0.277 e. The van der Waals surface area contributed by atoms with E-state index < -0.39 is 0 Å². The van der Waals surface area contributed by atoms with Gasteiger partial charge in [-0.25, -0.2) is 5.43 Å². The molecule has 1 aliphatic carbocycles. The molecule has 106 valence electrons. The number of nitrogens with zero attached hydrogens (tertiary/aromatic N) is 1. The van der Waals surface area contributed by atoms with Gasteiger partial charge in [0.1, 0.15) is 11.7 Å². The lowest BCUT2D eigenvalue weighted by Crippen LogP contribution is -2.14. The standard InChI is InChI=1S/C15H19N3O2/c1-4-11-8(2)13(16-9(11)3)7-12-14(19)17-18-15(12)20-10-5-6-10/h7,10,16H,4-6H2,1-3H3,(H,17,19). The summed E-state index contributed by atoms with van der Waals surface area (Å²) >= 11 is 0. The first kappa shape index (κ1) is 13.0. The Morgan fingerprint density at radius 3 is 2.75 bits per heavy atom. The van der Waals surface area contributed by atoms with Crippen LogP contribution in [-0.2, 0) is 16.0 Å². The summed E-state index contributed by atoms with van der Waals surface area (Å²) < 4.78 is 5.67. The van der Waals surface area contributed by atoms with Crippen LogP contribution in [0.25, 0.3) is 6.08 Å². The molecule has 1 amide bonds. The van der Waals surface area contributed by atoms with Gasteiger partial charge < -0.3 is 9.72 Å². The molecular formula is C15H19N3O2. The molecule has 0 atom stereocenters. The molecule has 2 heterocycles. The van der Waals surface area contributed by atoms with Crippen LogP contribution in [0.5, 0.6) is 0 Å². The molecule has 2 aliphatic rings. The first-order valence-corrected chi connectivity index (χ1v) is 7.05. The normalized spacial score (nSPS) is 20.2. The lowest BCUT2D eigenvalue weighted by Gasteiger charge is -2.03. The Morgan fingerprint density at radius 2 is 2.15 bits per heavy atom. The molecule has 1 fully saturated rings. The number of hydrogen-bond acceptors (Lipinski definition) is 3. The molecule has 0 spiro atoms. The van der Waals surface area contributed by atoms with Gasteiger partial charge in [-0.15, -0.1) is 5.10 Å². The third-order valence-electron chi connectivity index (χ3n) is 3.81. The SMILES string of the molecule is CCc1c(C)[nH]c(C=C2C(=O)NN=C2OC2CC2)c1C. The van der Waals surface area contributed by atoms with Crippen molar-refractivity contribution >= 4 is 17.9 Å². The predicted octanol–water partition coefficient (Wildman–Crippen LogP) is 2.20. The van der Waals surface area contributed by atoms with Crippen LogP contribution in [0, 0.1) is 13.8 Å². The zero-order chi connectivity index (χ0) is 14.3. The van der Waals surface area contributed by atoms with Crippen LogP contribution in [0.1, 0.15) is 42.3 Å². The molecule has 1 aromatic rings. The van der Waals surface area contributed by atoms with Crippen molar-refractivity contribution in [1.29, 1.82) is 0 Å². The second-order valence-corrected chi connectivity index (χ2v) is 5.35. The third-order valence-corrected chi connectivity index (χ3v) is 3.81. The number of carbonyl (C=O) groups is 1. The summed E-state index contributed by atoms with van der Waals surface area (Å²) in [5, 5.41) is 3.97. The summed E-state index contributed by atoms with van der Waals surface area (Å²) in [6.45, 7) is 6.25. The lowest BCUT2D eigenvalue weighted by atomic mass is 10.1. The fourth-order valence-corrected chi connectivity index (χ4v) is 2.51. The molecule has 1 saturated carbocycles. The van der Waals surface area contributed by atoms with Crippen molar-refractivity contribution in [3.05, 3.63) is 28.1 Å². The topological polar surface area (TPSA) is 66.5 Å². The van der Waals surface area contributed by atoms with E-state index in [1.54, 1.807) is 0 Å². The van der Waals surface area contributed by atoms with Gasteiger partial charge >= 0.3 is 0 Å². The average molecular weight is 273 g/mol. The van der Waals surface area contributed by atoms with Gasteiger partial charge in [0.05, 0.1) is 0 Å². The van der Waals surface area contributed by atoms with Gasteiger partial charge in [0.15, 0.2) is 0 Å². The number of hydrazone groups is 1. The number of hydrogen-bond donors (Lipinski definition) is 2. The second kappa shape index (κ2) is 4.81. The number of aromatic nitrogens is 1. The molecule has 1 aromatic heterocycles. The van der Waals surface area contributed by atoms with E-state index in [-0.39, 0.29) is 12.0 Å². The van der Waals surface area contributed by atoms with E-state index in [0.29, 0.717) is 11.5 Å². The highest BCUT2D eigenvalue weighted by Gasteiger charge is 2.31. The van der Waals surface area contributed by atoms with Gasteiger partial charge in [-0.2, -0.15) is 0 Å². The van der Waals surface area contributed by atoms with E-state index in [1.165, 1.54) is 11.1 Å². The molecule has 20 heavy (non-hydrogen) atoms. The first-order chi connectivity index (χ1) is 9.60. The maximum Gasteiger partial charge on any atom is 0.277 e. The summed E-state index contributed by atoms with van der Waals surface area (Å²) in [5.41, 5.74) is 7.57. The van der Waals surface area contributed by atoms with E-state index in [0.717, 1.165) is 30.7 Å². The molecule has 0 bridgehead atoms. The number of nitrogens with one attached hydrogen (secondary N) is 2. The van der Waals surface area contributed by atoms with Crippen LogP contribution < -0.4 is 5.43 Å². The van der Waals surface area contributed by atoms with Crippen LogP contribution >= 0.6 is 0 Å². The molecular weight excluding hydrogens is 254 g/mol. The number of rotatable bonds is 3. The Bertz CT molecular complexity index is 621. The zero-order valence-corrected chi connectivity index (χ0v) is 12.0. The Labute approximate surface area is 118 Å².